The molecule has 0 unspecified atom stereocenters. The molecule has 156 valence electrons. The standard InChI is InChI=1S/C21H18N6O3S/c1-11(2)12-4-6-13(7-5-12)17-14(8-22)19(24)25-20(15(17)9-23)31-10-16(28)18-21(29)30-26-27(18)3/h4-7,11H,10H2,1-3H3,(H2-,24,25,26,28,29)/p+1. The fraction of sp³-hybridized carbons (Fsp3) is 0.238. The Morgan fingerprint density at radius 2 is 1.90 bits per heavy atom. The molecule has 0 saturated heterocycles. The van der Waals surface area contributed by atoms with Crippen LogP contribution in [0.2, 0.25) is 0 Å². The van der Waals surface area contributed by atoms with E-state index in [4.69, 9.17) is 5.73 Å². The quantitative estimate of drug-likeness (QED) is 0.340. The molecular formula is C21H19N6O3S+. The van der Waals surface area contributed by atoms with Crippen LogP contribution in [0.5, 0.6) is 0 Å². The third-order valence-electron chi connectivity index (χ3n) is 4.69. The first kappa shape index (κ1) is 21.8. The summed E-state index contributed by atoms with van der Waals surface area (Å²) in [6, 6.07) is 11.6. The normalized spacial score (nSPS) is 10.6. The molecule has 0 saturated carbocycles. The molecule has 9 nitrogen and oxygen atoms in total. The number of nitrogens with zero attached hydrogens (tertiary/aromatic N) is 4. The van der Waals surface area contributed by atoms with Crippen LogP contribution in [-0.2, 0) is 7.05 Å². The van der Waals surface area contributed by atoms with Gasteiger partial charge in [0, 0.05) is 5.56 Å². The molecule has 0 aliphatic rings. The number of anilines is 1. The Morgan fingerprint density at radius 1 is 1.26 bits per heavy atom. The van der Waals surface area contributed by atoms with Gasteiger partial charge >= 0.3 is 11.3 Å². The van der Waals surface area contributed by atoms with Gasteiger partial charge in [0.2, 0.25) is 5.78 Å². The Labute approximate surface area is 182 Å². The molecule has 31 heavy (non-hydrogen) atoms. The van der Waals surface area contributed by atoms with Crippen molar-refractivity contribution in [3.63, 3.8) is 0 Å². The molecule has 3 N–H and O–H groups in total. The van der Waals surface area contributed by atoms with Gasteiger partial charge in [-0.25, -0.2) is 9.78 Å². The van der Waals surface area contributed by atoms with Crippen LogP contribution in [0.1, 0.15) is 46.9 Å². The van der Waals surface area contributed by atoms with Crippen molar-refractivity contribution in [1.82, 2.24) is 10.3 Å². The number of hydrogen-bond donors (Lipinski definition) is 2. The van der Waals surface area contributed by atoms with Crippen LogP contribution in [-0.4, -0.2) is 21.8 Å². The summed E-state index contributed by atoms with van der Waals surface area (Å²) in [5.41, 5.74) is 7.44. The molecule has 3 rings (SSSR count). The molecule has 0 radical (unpaired) electrons. The lowest BCUT2D eigenvalue weighted by molar-refractivity contribution is -0.741. The topological polar surface area (TPSA) is 153 Å². The van der Waals surface area contributed by atoms with Gasteiger partial charge in [0.15, 0.2) is 7.05 Å². The van der Waals surface area contributed by atoms with Gasteiger partial charge in [0.1, 0.15) is 28.5 Å². The second-order valence-electron chi connectivity index (χ2n) is 7.03. The smallest absolute Gasteiger partial charge is 0.383 e. The van der Waals surface area contributed by atoms with Crippen molar-refractivity contribution in [2.24, 2.45) is 7.05 Å². The summed E-state index contributed by atoms with van der Waals surface area (Å²) in [5, 5.41) is 22.0. The van der Waals surface area contributed by atoms with E-state index in [1.165, 1.54) is 11.7 Å². The fourth-order valence-corrected chi connectivity index (χ4v) is 3.93. The Hall–Kier alpha value is -3.89. The third-order valence-corrected chi connectivity index (χ3v) is 5.67. The highest BCUT2D eigenvalue weighted by molar-refractivity contribution is 8.00. The van der Waals surface area contributed by atoms with E-state index in [1.807, 2.05) is 30.3 Å². The van der Waals surface area contributed by atoms with Crippen molar-refractivity contribution in [3.8, 4) is 23.3 Å². The summed E-state index contributed by atoms with van der Waals surface area (Å²) in [6.45, 7) is 4.13. The number of benzene rings is 1. The highest BCUT2D eigenvalue weighted by Gasteiger charge is 2.27. The summed E-state index contributed by atoms with van der Waals surface area (Å²) >= 11 is 0.965. The van der Waals surface area contributed by atoms with E-state index in [1.54, 1.807) is 0 Å². The van der Waals surface area contributed by atoms with Gasteiger partial charge in [0.05, 0.1) is 11.3 Å². The maximum absolute atomic E-state index is 12.5. The zero-order valence-electron chi connectivity index (χ0n) is 17.1. The van der Waals surface area contributed by atoms with Crippen LogP contribution in [0.3, 0.4) is 0 Å². The van der Waals surface area contributed by atoms with Crippen molar-refractivity contribution in [2.45, 2.75) is 24.8 Å². The number of Topliss-reactive ketones (excluding diaryl/α,β-unsaturated/α-hetero) is 1. The number of carbonyl (C=O) groups excluding carboxylic acids is 1. The minimum Gasteiger partial charge on any atom is -0.383 e. The van der Waals surface area contributed by atoms with E-state index in [-0.39, 0.29) is 33.4 Å². The van der Waals surface area contributed by atoms with Crippen molar-refractivity contribution in [1.29, 1.82) is 10.5 Å². The minimum atomic E-state index is -0.785. The Morgan fingerprint density at radius 3 is 2.42 bits per heavy atom. The van der Waals surface area contributed by atoms with E-state index in [9.17, 15) is 20.1 Å². The number of aromatic amines is 1. The Balaban J connectivity index is 2.05. The number of rotatable bonds is 6. The number of hydrogen-bond acceptors (Lipinski definition) is 8. The number of aromatic nitrogens is 3. The Bertz CT molecular complexity index is 1290. The predicted octanol–water partition coefficient (Wildman–Crippen LogP) is 2.28. The van der Waals surface area contributed by atoms with Gasteiger partial charge < -0.3 is 5.73 Å². The maximum atomic E-state index is 12.5. The number of nitriles is 2. The zero-order chi connectivity index (χ0) is 22.7. The molecule has 1 aromatic carbocycles. The Kier molecular flexibility index (Phi) is 6.23. The molecule has 0 aliphatic carbocycles. The van der Waals surface area contributed by atoms with Crippen molar-refractivity contribution >= 4 is 23.4 Å². The number of nitrogens with two attached hydrogens (primary N) is 1. The summed E-state index contributed by atoms with van der Waals surface area (Å²) in [5.74, 6) is -0.383. The van der Waals surface area contributed by atoms with Crippen molar-refractivity contribution < 1.29 is 14.0 Å². The minimum absolute atomic E-state index is 0.0360. The molecule has 2 aromatic heterocycles. The fourth-order valence-electron chi connectivity index (χ4n) is 3.07. The number of H-pyrrole nitrogens is 1. The van der Waals surface area contributed by atoms with Crippen LogP contribution < -0.4 is 16.0 Å². The average molecular weight is 435 g/mol. The second-order valence-corrected chi connectivity index (χ2v) is 7.99. The molecule has 0 fully saturated rings. The van der Waals surface area contributed by atoms with Crippen LogP contribution in [0.15, 0.2) is 38.6 Å². The van der Waals surface area contributed by atoms with E-state index in [0.29, 0.717) is 17.0 Å². The molecule has 3 aromatic rings. The van der Waals surface area contributed by atoms with Gasteiger partial charge in [-0.1, -0.05) is 54.6 Å². The second kappa shape index (κ2) is 8.86. The van der Waals surface area contributed by atoms with E-state index in [2.05, 4.69) is 34.7 Å². The van der Waals surface area contributed by atoms with Crippen LogP contribution in [0.25, 0.3) is 11.1 Å². The lowest BCUT2D eigenvalue weighted by atomic mass is 9.94. The first-order valence-electron chi connectivity index (χ1n) is 9.26. The van der Waals surface area contributed by atoms with E-state index in [0.717, 1.165) is 17.3 Å². The summed E-state index contributed by atoms with van der Waals surface area (Å²) in [7, 11) is 1.47. The monoisotopic (exact) mass is 435 g/mol. The summed E-state index contributed by atoms with van der Waals surface area (Å²) in [6.07, 6.45) is 0. The predicted molar refractivity (Wildman–Crippen MR) is 113 cm³/mol. The third kappa shape index (κ3) is 4.20. The van der Waals surface area contributed by atoms with Crippen molar-refractivity contribution in [2.75, 3.05) is 11.5 Å². The summed E-state index contributed by atoms with van der Waals surface area (Å²) in [4.78, 5) is 28.3. The lowest BCUT2D eigenvalue weighted by Gasteiger charge is -2.13. The molecule has 0 amide bonds. The van der Waals surface area contributed by atoms with Crippen molar-refractivity contribution in [3.05, 3.63) is 57.1 Å². The number of nitrogen functional groups attached to an aromatic ring is 1. The lowest BCUT2D eigenvalue weighted by Crippen LogP contribution is -2.39. The average Bonchev–Trinajstić information content (AvgIpc) is 3.09. The van der Waals surface area contributed by atoms with Gasteiger partial charge in [0.25, 0.3) is 0 Å². The first-order valence-corrected chi connectivity index (χ1v) is 10.2. The van der Waals surface area contributed by atoms with Gasteiger partial charge in [-0.2, -0.15) is 10.5 Å². The van der Waals surface area contributed by atoms with Crippen LogP contribution in [0.4, 0.5) is 5.82 Å². The van der Waals surface area contributed by atoms with E-state index >= 15 is 0 Å². The number of nitrogens with one attached hydrogen (secondary N) is 1. The number of aryl methyl sites for hydroxylation is 1. The SMILES string of the molecule is CC(C)c1ccc(-c2c(C#N)c(N)nc(SCC(=O)c3c(=O)o[nH][n+]3C)c2C#N)cc1. The highest BCUT2D eigenvalue weighted by atomic mass is 32.2. The molecular weight excluding hydrogens is 416 g/mol. The number of thioether (sulfide) groups is 1. The number of pyridine rings is 1. The molecule has 0 atom stereocenters. The molecule has 0 bridgehead atoms. The first-order chi connectivity index (χ1) is 14.8. The van der Waals surface area contributed by atoms with Crippen LogP contribution >= 0.6 is 11.8 Å². The largest absolute Gasteiger partial charge is 0.438 e. The number of carbonyl (C=O) groups is 1. The van der Waals surface area contributed by atoms with Crippen LogP contribution in [0, 0.1) is 22.7 Å². The number of ketones is 1. The molecule has 0 aliphatic heterocycles. The molecule has 10 heteroatoms. The molecule has 0 spiro atoms. The van der Waals surface area contributed by atoms with E-state index < -0.39 is 11.4 Å². The van der Waals surface area contributed by atoms with Gasteiger partial charge in [-0.3, -0.25) is 9.32 Å². The zero-order valence-corrected chi connectivity index (χ0v) is 17.9. The van der Waals surface area contributed by atoms with Gasteiger partial charge in [-0.15, -0.1) is 0 Å². The highest BCUT2D eigenvalue weighted by Crippen LogP contribution is 2.36. The van der Waals surface area contributed by atoms with Gasteiger partial charge in [-0.05, 0) is 22.3 Å². The maximum Gasteiger partial charge on any atom is 0.438 e. The molecule has 2 heterocycles. The summed E-state index contributed by atoms with van der Waals surface area (Å²) < 4.78 is 5.77.